The molecule has 1 aromatic heterocycles. The van der Waals surface area contributed by atoms with Crippen LogP contribution in [0, 0.1) is 0 Å². The van der Waals surface area contributed by atoms with Gasteiger partial charge < -0.3 is 5.32 Å². The van der Waals surface area contributed by atoms with Gasteiger partial charge in [-0.3, -0.25) is 4.79 Å². The average molecular weight is 266 g/mol. The van der Waals surface area contributed by atoms with Crippen molar-refractivity contribution in [2.24, 2.45) is 0 Å². The van der Waals surface area contributed by atoms with E-state index in [-0.39, 0.29) is 5.91 Å². The number of hydrogen-bond acceptors (Lipinski definition) is 2. The van der Waals surface area contributed by atoms with Crippen LogP contribution in [0.1, 0.15) is 20.8 Å². The van der Waals surface area contributed by atoms with Gasteiger partial charge in [0.15, 0.2) is 0 Å². The Kier molecular flexibility index (Phi) is 3.82. The maximum Gasteiger partial charge on any atom is 0.261 e. The Hall–Kier alpha value is -1.32. The molecule has 0 radical (unpaired) electrons. The van der Waals surface area contributed by atoms with Crippen molar-refractivity contribution < 1.29 is 4.79 Å². The lowest BCUT2D eigenvalue weighted by atomic mass is 10.1. The molecule has 2 aromatic rings. The lowest BCUT2D eigenvalue weighted by molar-refractivity contribution is 0.0966. The minimum Gasteiger partial charge on any atom is -0.354 e. The molecule has 2 nitrogen and oxygen atoms in total. The zero-order valence-corrected chi connectivity index (χ0v) is 10.9. The van der Waals surface area contributed by atoms with Gasteiger partial charge in [0.2, 0.25) is 0 Å². The number of nitrogens with one attached hydrogen (secondary N) is 1. The Morgan fingerprint density at radius 2 is 2.00 bits per heavy atom. The minimum atomic E-state index is -0.0241. The van der Waals surface area contributed by atoms with E-state index in [4.69, 9.17) is 11.6 Å². The van der Waals surface area contributed by atoms with Gasteiger partial charge >= 0.3 is 0 Å². The van der Waals surface area contributed by atoms with E-state index in [1.54, 1.807) is 7.05 Å². The number of benzene rings is 1. The molecule has 2 rings (SSSR count). The zero-order valence-electron chi connectivity index (χ0n) is 9.37. The summed E-state index contributed by atoms with van der Waals surface area (Å²) < 4.78 is 0. The summed E-state index contributed by atoms with van der Waals surface area (Å²) in [5, 5.41) is 5.32. The number of halogens is 1. The van der Waals surface area contributed by atoms with Gasteiger partial charge in [0.05, 0.1) is 4.88 Å². The molecule has 0 aliphatic carbocycles. The fourth-order valence-corrected chi connectivity index (χ4v) is 2.60. The third-order valence-electron chi connectivity index (χ3n) is 2.49. The first-order valence-electron chi connectivity index (χ1n) is 5.23. The molecule has 1 aromatic carbocycles. The van der Waals surface area contributed by atoms with Crippen LogP contribution in [-0.4, -0.2) is 13.0 Å². The van der Waals surface area contributed by atoms with Crippen molar-refractivity contribution in [1.82, 2.24) is 5.32 Å². The van der Waals surface area contributed by atoms with Gasteiger partial charge in [-0.25, -0.2) is 0 Å². The van der Waals surface area contributed by atoms with Crippen LogP contribution in [0.4, 0.5) is 0 Å². The maximum atomic E-state index is 11.6. The second kappa shape index (κ2) is 5.34. The zero-order chi connectivity index (χ0) is 12.3. The van der Waals surface area contributed by atoms with Crippen molar-refractivity contribution >= 4 is 28.8 Å². The lowest BCUT2D eigenvalue weighted by Gasteiger charge is -2.03. The molecule has 17 heavy (non-hydrogen) atoms. The monoisotopic (exact) mass is 265 g/mol. The number of amides is 1. The molecule has 0 saturated carbocycles. The van der Waals surface area contributed by atoms with Gasteiger partial charge in [-0.05, 0) is 41.1 Å². The third-order valence-corrected chi connectivity index (χ3v) is 3.70. The average Bonchev–Trinajstić information content (AvgIpc) is 2.79. The largest absolute Gasteiger partial charge is 0.354 e. The first-order valence-corrected chi connectivity index (χ1v) is 6.49. The molecule has 1 N–H and O–H groups in total. The molecular formula is C13H12ClNOS. The highest BCUT2D eigenvalue weighted by Crippen LogP contribution is 2.21. The number of carbonyl (C=O) groups excluding carboxylic acids is 1. The van der Waals surface area contributed by atoms with Crippen molar-refractivity contribution in [2.75, 3.05) is 7.05 Å². The van der Waals surface area contributed by atoms with Crippen LogP contribution in [0.5, 0.6) is 0 Å². The van der Waals surface area contributed by atoms with Gasteiger partial charge in [-0.15, -0.1) is 11.3 Å². The van der Waals surface area contributed by atoms with Gasteiger partial charge in [-0.2, -0.15) is 0 Å². The van der Waals surface area contributed by atoms with E-state index in [1.807, 2.05) is 35.7 Å². The molecule has 0 fully saturated rings. The third kappa shape index (κ3) is 2.87. The van der Waals surface area contributed by atoms with E-state index in [9.17, 15) is 4.79 Å². The number of hydrogen-bond donors (Lipinski definition) is 1. The highest BCUT2D eigenvalue weighted by Gasteiger charge is 2.11. The SMILES string of the molecule is CNC(=O)c1sccc1Cc1ccc(Cl)cc1. The predicted molar refractivity (Wildman–Crippen MR) is 72.0 cm³/mol. The number of rotatable bonds is 3. The Balaban J connectivity index is 2.21. The molecule has 0 saturated heterocycles. The number of carbonyl (C=O) groups is 1. The van der Waals surface area contributed by atoms with Gasteiger partial charge in [0.1, 0.15) is 0 Å². The molecule has 0 spiro atoms. The van der Waals surface area contributed by atoms with Crippen molar-refractivity contribution in [3.8, 4) is 0 Å². The summed E-state index contributed by atoms with van der Waals surface area (Å²) in [5.74, 6) is -0.0241. The summed E-state index contributed by atoms with van der Waals surface area (Å²) in [7, 11) is 1.65. The minimum absolute atomic E-state index is 0.0241. The Morgan fingerprint density at radius 1 is 1.29 bits per heavy atom. The second-order valence-electron chi connectivity index (χ2n) is 3.66. The molecule has 0 bridgehead atoms. The first-order chi connectivity index (χ1) is 8.20. The van der Waals surface area contributed by atoms with E-state index in [0.717, 1.165) is 27.4 Å². The lowest BCUT2D eigenvalue weighted by Crippen LogP contribution is -2.17. The van der Waals surface area contributed by atoms with Gasteiger partial charge in [-0.1, -0.05) is 23.7 Å². The molecule has 1 heterocycles. The fourth-order valence-electron chi connectivity index (χ4n) is 1.61. The molecule has 1 amide bonds. The van der Waals surface area contributed by atoms with Gasteiger partial charge in [0.25, 0.3) is 5.91 Å². The van der Waals surface area contributed by atoms with Crippen LogP contribution in [0.25, 0.3) is 0 Å². The van der Waals surface area contributed by atoms with Gasteiger partial charge in [0, 0.05) is 12.1 Å². The first kappa shape index (κ1) is 12.1. The van der Waals surface area contributed by atoms with E-state index in [1.165, 1.54) is 11.3 Å². The smallest absolute Gasteiger partial charge is 0.261 e. The second-order valence-corrected chi connectivity index (χ2v) is 5.01. The van der Waals surface area contributed by atoms with Crippen molar-refractivity contribution in [3.05, 3.63) is 56.7 Å². The highest BCUT2D eigenvalue weighted by molar-refractivity contribution is 7.12. The summed E-state index contributed by atoms with van der Waals surface area (Å²) in [4.78, 5) is 12.4. The topological polar surface area (TPSA) is 29.1 Å². The van der Waals surface area contributed by atoms with Crippen LogP contribution in [-0.2, 0) is 6.42 Å². The molecule has 0 atom stereocenters. The fraction of sp³-hybridized carbons (Fsp3) is 0.154. The molecule has 0 aliphatic heterocycles. The quantitative estimate of drug-likeness (QED) is 0.906. The molecular weight excluding hydrogens is 254 g/mol. The summed E-state index contributed by atoms with van der Waals surface area (Å²) in [6.45, 7) is 0. The van der Waals surface area contributed by atoms with Crippen LogP contribution < -0.4 is 5.32 Å². The van der Waals surface area contributed by atoms with Crippen molar-refractivity contribution in [2.45, 2.75) is 6.42 Å². The van der Waals surface area contributed by atoms with Crippen LogP contribution in [0.3, 0.4) is 0 Å². The Morgan fingerprint density at radius 3 is 2.65 bits per heavy atom. The summed E-state index contributed by atoms with van der Waals surface area (Å²) in [5.41, 5.74) is 2.20. The summed E-state index contributed by atoms with van der Waals surface area (Å²) in [6.07, 6.45) is 0.753. The van der Waals surface area contributed by atoms with Crippen LogP contribution in [0.15, 0.2) is 35.7 Å². The summed E-state index contributed by atoms with van der Waals surface area (Å²) in [6, 6.07) is 9.68. The van der Waals surface area contributed by atoms with E-state index in [2.05, 4.69) is 5.32 Å². The predicted octanol–water partition coefficient (Wildman–Crippen LogP) is 3.35. The Bertz CT molecular complexity index is 518. The van der Waals surface area contributed by atoms with Crippen molar-refractivity contribution in [3.63, 3.8) is 0 Å². The molecule has 4 heteroatoms. The standard InChI is InChI=1S/C13H12ClNOS/c1-15-13(16)12-10(6-7-17-12)8-9-2-4-11(14)5-3-9/h2-7H,8H2,1H3,(H,15,16). The molecule has 0 unspecified atom stereocenters. The molecule has 0 aliphatic rings. The maximum absolute atomic E-state index is 11.6. The Labute approximate surface area is 109 Å². The van der Waals surface area contributed by atoms with Crippen molar-refractivity contribution in [1.29, 1.82) is 0 Å². The molecule has 88 valence electrons. The normalized spacial score (nSPS) is 10.2. The van der Waals surface area contributed by atoms with Crippen LogP contribution >= 0.6 is 22.9 Å². The number of thiophene rings is 1. The van der Waals surface area contributed by atoms with Crippen LogP contribution in [0.2, 0.25) is 5.02 Å². The highest BCUT2D eigenvalue weighted by atomic mass is 35.5. The van der Waals surface area contributed by atoms with E-state index < -0.39 is 0 Å². The summed E-state index contributed by atoms with van der Waals surface area (Å²) >= 11 is 7.30. The van der Waals surface area contributed by atoms with E-state index in [0.29, 0.717) is 0 Å². The van der Waals surface area contributed by atoms with E-state index >= 15 is 0 Å².